The van der Waals surface area contributed by atoms with E-state index in [1.54, 1.807) is 18.2 Å². The molecule has 5 aromatic rings. The van der Waals surface area contributed by atoms with Crippen LogP contribution in [0, 0.1) is 0 Å². The van der Waals surface area contributed by atoms with Gasteiger partial charge in [0.25, 0.3) is 0 Å². The van der Waals surface area contributed by atoms with E-state index in [9.17, 15) is 4.79 Å². The molecule has 3 aromatic carbocycles. The Morgan fingerprint density at radius 2 is 1.84 bits per heavy atom. The first kappa shape index (κ1) is 19.6. The highest BCUT2D eigenvalue weighted by Gasteiger charge is 2.13. The van der Waals surface area contributed by atoms with Crippen molar-refractivity contribution in [3.8, 4) is 11.3 Å². The fraction of sp³-hybridized carbons (Fsp3) is 0. The lowest BCUT2D eigenvalue weighted by atomic mass is 10.1. The second kappa shape index (κ2) is 8.06. The number of fused-ring (bicyclic) bond motifs is 3. The van der Waals surface area contributed by atoms with Gasteiger partial charge in [-0.15, -0.1) is 0 Å². The summed E-state index contributed by atoms with van der Waals surface area (Å²) < 4.78 is 12.3. The predicted octanol–water partition coefficient (Wildman–Crippen LogP) is 7.03. The van der Waals surface area contributed by atoms with Gasteiger partial charge in [0.2, 0.25) is 0 Å². The van der Waals surface area contributed by atoms with E-state index in [-0.39, 0.29) is 5.76 Å². The SMILES string of the molecule is O=C(N/N=C/c1ccc(-c2ccc(Br)c(Cl)c2)o1)c1cc2c(ccc3ccccc32)o1. The molecule has 7 heteroatoms. The van der Waals surface area contributed by atoms with Crippen molar-refractivity contribution >= 4 is 61.4 Å². The van der Waals surface area contributed by atoms with E-state index in [1.165, 1.54) is 6.21 Å². The summed E-state index contributed by atoms with van der Waals surface area (Å²) >= 11 is 9.50. The molecule has 152 valence electrons. The number of hydrogen-bond donors (Lipinski definition) is 1. The Morgan fingerprint density at radius 1 is 0.968 bits per heavy atom. The van der Waals surface area contributed by atoms with Crippen LogP contribution in [0.1, 0.15) is 16.3 Å². The van der Waals surface area contributed by atoms with Gasteiger partial charge in [-0.2, -0.15) is 5.10 Å². The quantitative estimate of drug-likeness (QED) is 0.216. The molecule has 0 fully saturated rings. The Labute approximate surface area is 190 Å². The van der Waals surface area contributed by atoms with Crippen LogP contribution in [0.2, 0.25) is 5.02 Å². The summed E-state index contributed by atoms with van der Waals surface area (Å²) in [5.41, 5.74) is 3.96. The van der Waals surface area contributed by atoms with E-state index in [2.05, 4.69) is 26.5 Å². The Hall–Kier alpha value is -3.35. The second-order valence-corrected chi connectivity index (χ2v) is 8.10. The number of halogens is 2. The van der Waals surface area contributed by atoms with E-state index in [0.29, 0.717) is 22.1 Å². The molecule has 0 saturated carbocycles. The zero-order valence-electron chi connectivity index (χ0n) is 15.9. The van der Waals surface area contributed by atoms with Crippen molar-refractivity contribution in [2.75, 3.05) is 0 Å². The van der Waals surface area contributed by atoms with Crippen molar-refractivity contribution < 1.29 is 13.6 Å². The number of carbonyl (C=O) groups excluding carboxylic acids is 1. The standard InChI is InChI=1S/C24H14BrClN2O3/c25-19-8-5-15(11-20(19)26)21-10-7-16(30-21)13-27-28-24(29)23-12-18-17-4-2-1-3-14(17)6-9-22(18)31-23/h1-13H,(H,28,29)/b27-13+. The van der Waals surface area contributed by atoms with Crippen LogP contribution < -0.4 is 5.43 Å². The normalized spacial score (nSPS) is 11.5. The van der Waals surface area contributed by atoms with Gasteiger partial charge < -0.3 is 8.83 Å². The third kappa shape index (κ3) is 3.87. The maximum Gasteiger partial charge on any atom is 0.307 e. The van der Waals surface area contributed by atoms with Crippen molar-refractivity contribution in [3.63, 3.8) is 0 Å². The maximum absolute atomic E-state index is 12.5. The van der Waals surface area contributed by atoms with Crippen molar-refractivity contribution in [1.82, 2.24) is 5.43 Å². The zero-order chi connectivity index (χ0) is 21.4. The van der Waals surface area contributed by atoms with Gasteiger partial charge in [-0.3, -0.25) is 4.79 Å². The number of nitrogens with one attached hydrogen (secondary N) is 1. The highest BCUT2D eigenvalue weighted by atomic mass is 79.9. The zero-order valence-corrected chi connectivity index (χ0v) is 18.3. The number of hydrogen-bond acceptors (Lipinski definition) is 4. The first-order valence-corrected chi connectivity index (χ1v) is 10.6. The third-order valence-electron chi connectivity index (χ3n) is 4.84. The first-order valence-electron chi connectivity index (χ1n) is 9.38. The highest BCUT2D eigenvalue weighted by molar-refractivity contribution is 9.10. The minimum atomic E-state index is -0.442. The van der Waals surface area contributed by atoms with Gasteiger partial charge >= 0.3 is 5.91 Å². The molecule has 0 spiro atoms. The van der Waals surface area contributed by atoms with Crippen molar-refractivity contribution in [1.29, 1.82) is 0 Å². The van der Waals surface area contributed by atoms with Crippen molar-refractivity contribution in [3.05, 3.63) is 93.8 Å². The monoisotopic (exact) mass is 492 g/mol. The molecule has 1 amide bonds. The van der Waals surface area contributed by atoms with E-state index in [0.717, 1.165) is 26.2 Å². The molecule has 5 nitrogen and oxygen atoms in total. The second-order valence-electron chi connectivity index (χ2n) is 6.84. The summed E-state index contributed by atoms with van der Waals surface area (Å²) in [4.78, 5) is 12.5. The number of carbonyl (C=O) groups is 1. The molecule has 0 aliphatic heterocycles. The number of amides is 1. The smallest absolute Gasteiger partial charge is 0.307 e. The largest absolute Gasteiger partial charge is 0.455 e. The average molecular weight is 494 g/mol. The molecule has 5 rings (SSSR count). The molecular formula is C24H14BrClN2O3. The number of furan rings is 2. The van der Waals surface area contributed by atoms with E-state index >= 15 is 0 Å². The Bertz CT molecular complexity index is 1470. The van der Waals surface area contributed by atoms with E-state index in [4.69, 9.17) is 20.4 Å². The number of nitrogens with zero attached hydrogens (tertiary/aromatic N) is 1. The van der Waals surface area contributed by atoms with Gasteiger partial charge in [0, 0.05) is 15.4 Å². The molecule has 0 aliphatic rings. The minimum Gasteiger partial charge on any atom is -0.455 e. The summed E-state index contributed by atoms with van der Waals surface area (Å²) in [6.07, 6.45) is 1.43. The van der Waals surface area contributed by atoms with Crippen LogP contribution >= 0.6 is 27.5 Å². The van der Waals surface area contributed by atoms with Crippen molar-refractivity contribution in [2.45, 2.75) is 0 Å². The van der Waals surface area contributed by atoms with Crippen LogP contribution in [-0.4, -0.2) is 12.1 Å². The molecule has 0 radical (unpaired) electrons. The van der Waals surface area contributed by atoms with Gasteiger partial charge in [0.05, 0.1) is 11.2 Å². The number of hydrazone groups is 1. The molecule has 31 heavy (non-hydrogen) atoms. The summed E-state index contributed by atoms with van der Waals surface area (Å²) in [5, 5.41) is 7.57. The van der Waals surface area contributed by atoms with Gasteiger partial charge in [0.15, 0.2) is 5.76 Å². The molecule has 0 saturated heterocycles. The Kier molecular flexibility index (Phi) is 5.10. The van der Waals surface area contributed by atoms with Gasteiger partial charge in [0.1, 0.15) is 17.1 Å². The molecular weight excluding hydrogens is 480 g/mol. The fourth-order valence-corrected chi connectivity index (χ4v) is 3.77. The van der Waals surface area contributed by atoms with E-state index < -0.39 is 5.91 Å². The lowest BCUT2D eigenvalue weighted by Crippen LogP contribution is -2.16. The molecule has 0 bridgehead atoms. The summed E-state index contributed by atoms with van der Waals surface area (Å²) in [6, 6.07) is 22.6. The topological polar surface area (TPSA) is 67.7 Å². The average Bonchev–Trinajstić information content (AvgIpc) is 3.43. The van der Waals surface area contributed by atoms with Crippen LogP contribution in [0.15, 0.2) is 91.2 Å². The maximum atomic E-state index is 12.5. The molecule has 2 heterocycles. The lowest BCUT2D eigenvalue weighted by Gasteiger charge is -1.99. The Morgan fingerprint density at radius 3 is 2.71 bits per heavy atom. The molecule has 0 unspecified atom stereocenters. The van der Waals surface area contributed by atoms with E-state index in [1.807, 2.05) is 54.6 Å². The summed E-state index contributed by atoms with van der Waals surface area (Å²) in [6.45, 7) is 0. The van der Waals surface area contributed by atoms with Gasteiger partial charge in [-0.25, -0.2) is 5.43 Å². The van der Waals surface area contributed by atoms with Crippen LogP contribution in [-0.2, 0) is 0 Å². The van der Waals surface area contributed by atoms with Gasteiger partial charge in [-0.1, -0.05) is 48.0 Å². The van der Waals surface area contributed by atoms with Crippen LogP contribution in [0.25, 0.3) is 33.1 Å². The summed E-state index contributed by atoms with van der Waals surface area (Å²) in [5.74, 6) is 0.882. The van der Waals surface area contributed by atoms with Gasteiger partial charge in [-0.05, 0) is 63.1 Å². The molecule has 0 atom stereocenters. The molecule has 0 aliphatic carbocycles. The Balaban J connectivity index is 1.32. The minimum absolute atomic E-state index is 0.188. The number of rotatable bonds is 4. The van der Waals surface area contributed by atoms with Crippen LogP contribution in [0.3, 0.4) is 0 Å². The molecule has 2 aromatic heterocycles. The number of benzene rings is 3. The summed E-state index contributed by atoms with van der Waals surface area (Å²) in [7, 11) is 0. The lowest BCUT2D eigenvalue weighted by molar-refractivity contribution is 0.0929. The van der Waals surface area contributed by atoms with Crippen molar-refractivity contribution in [2.24, 2.45) is 5.10 Å². The first-order chi connectivity index (χ1) is 15.1. The van der Waals surface area contributed by atoms with Crippen LogP contribution in [0.5, 0.6) is 0 Å². The predicted molar refractivity (Wildman–Crippen MR) is 126 cm³/mol. The highest BCUT2D eigenvalue weighted by Crippen LogP contribution is 2.30. The third-order valence-corrected chi connectivity index (χ3v) is 6.07. The fourth-order valence-electron chi connectivity index (χ4n) is 3.34. The van der Waals surface area contributed by atoms with Crippen LogP contribution in [0.4, 0.5) is 0 Å². The molecule has 1 N–H and O–H groups in total.